The van der Waals surface area contributed by atoms with E-state index < -0.39 is 0 Å². The van der Waals surface area contributed by atoms with E-state index in [0.29, 0.717) is 11.1 Å². The highest BCUT2D eigenvalue weighted by atomic mass is 35.5. The average molecular weight is 372 g/mol. The molecule has 4 heteroatoms. The van der Waals surface area contributed by atoms with Gasteiger partial charge in [0.1, 0.15) is 11.5 Å². The first-order chi connectivity index (χ1) is 12.5. The van der Waals surface area contributed by atoms with Gasteiger partial charge in [-0.3, -0.25) is 4.90 Å². The quantitative estimate of drug-likeness (QED) is 0.820. The zero-order chi connectivity index (χ0) is 18.4. The summed E-state index contributed by atoms with van der Waals surface area (Å²) in [7, 11) is 1.76. The summed E-state index contributed by atoms with van der Waals surface area (Å²) in [5.74, 6) is 1.44. The van der Waals surface area contributed by atoms with Crippen LogP contribution in [0.25, 0.3) is 0 Å². The van der Waals surface area contributed by atoms with Crippen LogP contribution in [0.1, 0.15) is 53.5 Å². The lowest BCUT2D eigenvalue weighted by Crippen LogP contribution is -2.46. The van der Waals surface area contributed by atoms with Gasteiger partial charge in [-0.15, -0.1) is 0 Å². The minimum atomic E-state index is 0.180. The molecule has 26 heavy (non-hydrogen) atoms. The predicted molar refractivity (Wildman–Crippen MR) is 106 cm³/mol. The lowest BCUT2D eigenvalue weighted by atomic mass is 9.71. The number of phenols is 1. The lowest BCUT2D eigenvalue weighted by Gasteiger charge is -2.46. The summed E-state index contributed by atoms with van der Waals surface area (Å²) in [5, 5.41) is 10.7. The summed E-state index contributed by atoms with van der Waals surface area (Å²) in [5.41, 5.74) is 6.29. The minimum absolute atomic E-state index is 0.180. The van der Waals surface area contributed by atoms with Crippen molar-refractivity contribution in [3.63, 3.8) is 0 Å². The van der Waals surface area contributed by atoms with Gasteiger partial charge in [-0.25, -0.2) is 0 Å². The van der Waals surface area contributed by atoms with Crippen molar-refractivity contribution in [2.75, 3.05) is 13.7 Å². The highest BCUT2D eigenvalue weighted by Gasteiger charge is 2.40. The van der Waals surface area contributed by atoms with Gasteiger partial charge in [0.05, 0.1) is 12.1 Å². The fourth-order valence-electron chi connectivity index (χ4n) is 4.92. The molecule has 0 bridgehead atoms. The summed E-state index contributed by atoms with van der Waals surface area (Å²) in [6.45, 7) is 6.35. The molecule has 138 valence electrons. The summed E-state index contributed by atoms with van der Waals surface area (Å²) < 4.78 is 5.78. The van der Waals surface area contributed by atoms with E-state index in [1.54, 1.807) is 7.11 Å². The maximum absolute atomic E-state index is 10.3. The maximum atomic E-state index is 10.3. The van der Waals surface area contributed by atoms with Crippen LogP contribution in [-0.4, -0.2) is 29.7 Å². The molecular formula is C22H26ClNO2. The van der Waals surface area contributed by atoms with Crippen molar-refractivity contribution < 1.29 is 9.84 Å². The van der Waals surface area contributed by atoms with Crippen molar-refractivity contribution in [2.45, 2.75) is 51.6 Å². The van der Waals surface area contributed by atoms with Crippen LogP contribution in [0.15, 0.2) is 24.3 Å². The van der Waals surface area contributed by atoms with Gasteiger partial charge in [0.25, 0.3) is 0 Å². The van der Waals surface area contributed by atoms with E-state index >= 15 is 0 Å². The third kappa shape index (κ3) is 2.69. The predicted octanol–water partition coefficient (Wildman–Crippen LogP) is 5.03. The van der Waals surface area contributed by atoms with Gasteiger partial charge >= 0.3 is 0 Å². The number of halogens is 1. The van der Waals surface area contributed by atoms with Crippen LogP contribution in [0, 0.1) is 6.92 Å². The monoisotopic (exact) mass is 371 g/mol. The van der Waals surface area contributed by atoms with Gasteiger partial charge in [0.2, 0.25) is 0 Å². The van der Waals surface area contributed by atoms with Crippen molar-refractivity contribution >= 4 is 11.6 Å². The molecule has 3 nitrogen and oxygen atoms in total. The lowest BCUT2D eigenvalue weighted by molar-refractivity contribution is 0.139. The molecule has 1 heterocycles. The van der Waals surface area contributed by atoms with Gasteiger partial charge in [-0.2, -0.15) is 0 Å². The number of hydrogen-bond donors (Lipinski definition) is 1. The Bertz CT molecular complexity index is 849. The first-order valence-electron chi connectivity index (χ1n) is 9.46. The number of aromatic hydroxyl groups is 1. The normalized spacial score (nSPS) is 21.7. The van der Waals surface area contributed by atoms with E-state index in [4.69, 9.17) is 16.3 Å². The molecule has 0 spiro atoms. The molecule has 4 rings (SSSR count). The van der Waals surface area contributed by atoms with Crippen molar-refractivity contribution in [3.05, 3.63) is 57.1 Å². The Balaban J connectivity index is 1.93. The Morgan fingerprint density at radius 2 is 2.08 bits per heavy atom. The molecule has 2 aromatic rings. The van der Waals surface area contributed by atoms with Crippen molar-refractivity contribution in [3.8, 4) is 11.5 Å². The molecule has 0 radical (unpaired) electrons. The summed E-state index contributed by atoms with van der Waals surface area (Å²) in [4.78, 5) is 2.60. The Morgan fingerprint density at radius 3 is 2.81 bits per heavy atom. The standard InChI is InChI=1S/C22H26ClNO2/c1-4-9-24-12-17-15(7-5-13(2)22(17)26-3)21-16-11-20(25)18(23)10-14(16)6-8-19(21)24/h5,7,10-11,19,21,25H,4,6,8-9,12H2,1-3H3/t19-,21-/m1/s1. The Kier molecular flexibility index (Phi) is 4.62. The second kappa shape index (κ2) is 6.79. The highest BCUT2D eigenvalue weighted by Crippen LogP contribution is 2.48. The first kappa shape index (κ1) is 17.7. The Labute approximate surface area is 160 Å². The van der Waals surface area contributed by atoms with Gasteiger partial charge in [0, 0.05) is 24.1 Å². The molecule has 0 unspecified atom stereocenters. The van der Waals surface area contributed by atoms with Crippen molar-refractivity contribution in [1.29, 1.82) is 0 Å². The smallest absolute Gasteiger partial charge is 0.134 e. The molecule has 2 aromatic carbocycles. The summed E-state index contributed by atoms with van der Waals surface area (Å²) >= 11 is 6.19. The van der Waals surface area contributed by atoms with Gasteiger partial charge in [0.15, 0.2) is 0 Å². The van der Waals surface area contributed by atoms with E-state index in [1.807, 2.05) is 12.1 Å². The molecule has 1 aliphatic carbocycles. The Morgan fingerprint density at radius 1 is 1.27 bits per heavy atom. The number of rotatable bonds is 3. The largest absolute Gasteiger partial charge is 0.506 e. The number of benzene rings is 2. The van der Waals surface area contributed by atoms with Crippen molar-refractivity contribution in [2.24, 2.45) is 0 Å². The zero-order valence-corrected chi connectivity index (χ0v) is 16.4. The van der Waals surface area contributed by atoms with E-state index in [0.717, 1.165) is 38.1 Å². The minimum Gasteiger partial charge on any atom is -0.506 e. The highest BCUT2D eigenvalue weighted by molar-refractivity contribution is 6.32. The van der Waals surface area contributed by atoms with Gasteiger partial charge in [-0.1, -0.05) is 30.7 Å². The third-order valence-electron chi connectivity index (χ3n) is 6.01. The third-order valence-corrected chi connectivity index (χ3v) is 6.31. The van der Waals surface area contributed by atoms with Crippen LogP contribution in [0.4, 0.5) is 0 Å². The molecular weight excluding hydrogens is 346 g/mol. The second-order valence-electron chi connectivity index (χ2n) is 7.54. The number of hydrogen-bond acceptors (Lipinski definition) is 3. The molecule has 0 amide bonds. The van der Waals surface area contributed by atoms with Crippen LogP contribution >= 0.6 is 11.6 Å². The number of phenolic OH excluding ortho intramolecular Hbond substituents is 1. The molecule has 1 aliphatic heterocycles. The number of aryl methyl sites for hydroxylation is 2. The molecule has 0 saturated carbocycles. The van der Waals surface area contributed by atoms with E-state index in [2.05, 4.69) is 30.9 Å². The molecule has 0 aromatic heterocycles. The van der Waals surface area contributed by atoms with Crippen LogP contribution in [0.2, 0.25) is 5.02 Å². The fourth-order valence-corrected chi connectivity index (χ4v) is 5.11. The SMILES string of the molecule is CCCN1Cc2c(ccc(C)c2OC)[C@@H]2c3cc(O)c(Cl)cc3CC[C@H]21. The molecule has 0 saturated heterocycles. The number of ether oxygens (including phenoxy) is 1. The van der Waals surface area contributed by atoms with Crippen LogP contribution in [-0.2, 0) is 13.0 Å². The maximum Gasteiger partial charge on any atom is 0.134 e. The summed E-state index contributed by atoms with van der Waals surface area (Å²) in [6, 6.07) is 8.72. The zero-order valence-electron chi connectivity index (χ0n) is 15.7. The van der Waals surface area contributed by atoms with E-state index in [9.17, 15) is 5.11 Å². The number of fused-ring (bicyclic) bond motifs is 5. The Hall–Kier alpha value is -1.71. The first-order valence-corrected chi connectivity index (χ1v) is 9.84. The van der Waals surface area contributed by atoms with Crippen LogP contribution < -0.4 is 4.74 Å². The number of nitrogens with zero attached hydrogens (tertiary/aromatic N) is 1. The molecule has 1 N–H and O–H groups in total. The second-order valence-corrected chi connectivity index (χ2v) is 7.95. The van der Waals surface area contributed by atoms with Crippen LogP contribution in [0.3, 0.4) is 0 Å². The topological polar surface area (TPSA) is 32.7 Å². The molecule has 2 aliphatic rings. The van der Waals surface area contributed by atoms with Gasteiger partial charge < -0.3 is 9.84 Å². The van der Waals surface area contributed by atoms with E-state index in [1.165, 1.54) is 27.8 Å². The van der Waals surface area contributed by atoms with Gasteiger partial charge in [-0.05, 0) is 67.1 Å². The average Bonchev–Trinajstić information content (AvgIpc) is 2.62. The van der Waals surface area contributed by atoms with Crippen LogP contribution in [0.5, 0.6) is 11.5 Å². The summed E-state index contributed by atoms with van der Waals surface area (Å²) in [6.07, 6.45) is 3.26. The van der Waals surface area contributed by atoms with Crippen molar-refractivity contribution in [1.82, 2.24) is 4.90 Å². The van der Waals surface area contributed by atoms with E-state index in [-0.39, 0.29) is 11.7 Å². The fraction of sp³-hybridized carbons (Fsp3) is 0.455. The number of methoxy groups -OCH3 is 1. The molecule has 2 atom stereocenters. The molecule has 0 fully saturated rings.